The number of alkyl halides is 3. The molecule has 1 fully saturated rings. The van der Waals surface area contributed by atoms with E-state index < -0.39 is 11.9 Å². The van der Waals surface area contributed by atoms with Crippen LogP contribution in [0.3, 0.4) is 0 Å². The SMILES string of the molecule is Cc1onc(C(C)C)c1C(=O)N1CCC(c2cc3nc(C(F)(F)F)ccc3[nH]2)CC1. The molecule has 1 aliphatic rings. The van der Waals surface area contributed by atoms with Crippen molar-refractivity contribution in [1.82, 2.24) is 20.0 Å². The summed E-state index contributed by atoms with van der Waals surface area (Å²) in [6, 6.07) is 4.08. The second-order valence-corrected chi connectivity index (χ2v) is 8.07. The van der Waals surface area contributed by atoms with Gasteiger partial charge in [0.15, 0.2) is 0 Å². The Morgan fingerprint density at radius 1 is 1.27 bits per heavy atom. The van der Waals surface area contributed by atoms with Gasteiger partial charge in [-0.1, -0.05) is 19.0 Å². The molecule has 0 atom stereocenters. The minimum absolute atomic E-state index is 0.0796. The molecular weight excluding hydrogens is 397 g/mol. The first kappa shape index (κ1) is 20.4. The predicted octanol–water partition coefficient (Wildman–Crippen LogP) is 5.02. The molecule has 30 heavy (non-hydrogen) atoms. The van der Waals surface area contributed by atoms with E-state index in [1.54, 1.807) is 17.9 Å². The second-order valence-electron chi connectivity index (χ2n) is 8.07. The van der Waals surface area contributed by atoms with Crippen LogP contribution < -0.4 is 0 Å². The third-order valence-corrected chi connectivity index (χ3v) is 5.66. The highest BCUT2D eigenvalue weighted by Gasteiger charge is 2.33. The number of nitrogens with one attached hydrogen (secondary N) is 1. The number of hydrogen-bond donors (Lipinski definition) is 1. The van der Waals surface area contributed by atoms with Crippen molar-refractivity contribution < 1.29 is 22.5 Å². The number of piperidine rings is 1. The Bertz CT molecular complexity index is 1080. The van der Waals surface area contributed by atoms with Crippen LogP contribution in [0.2, 0.25) is 0 Å². The normalized spacial score (nSPS) is 16.0. The molecule has 1 N–H and O–H groups in total. The number of fused-ring (bicyclic) bond motifs is 1. The first-order chi connectivity index (χ1) is 14.1. The lowest BCUT2D eigenvalue weighted by atomic mass is 9.93. The Morgan fingerprint density at radius 3 is 2.60 bits per heavy atom. The van der Waals surface area contributed by atoms with Crippen LogP contribution in [0.25, 0.3) is 11.0 Å². The number of carbonyl (C=O) groups excluding carboxylic acids is 1. The molecular formula is C21H23F3N4O2. The molecule has 1 amide bonds. The zero-order chi connectivity index (χ0) is 21.6. The van der Waals surface area contributed by atoms with Gasteiger partial charge in [-0.15, -0.1) is 0 Å². The van der Waals surface area contributed by atoms with Crippen molar-refractivity contribution in [3.05, 3.63) is 46.6 Å². The van der Waals surface area contributed by atoms with Crippen molar-refractivity contribution in [2.24, 2.45) is 0 Å². The van der Waals surface area contributed by atoms with E-state index in [9.17, 15) is 18.0 Å². The molecule has 0 aliphatic carbocycles. The molecule has 3 aromatic rings. The Labute approximate surface area is 171 Å². The topological polar surface area (TPSA) is 75.0 Å². The molecule has 3 aromatic heterocycles. The Morgan fingerprint density at radius 2 is 1.97 bits per heavy atom. The molecule has 4 heterocycles. The highest BCUT2D eigenvalue weighted by atomic mass is 19.4. The van der Waals surface area contributed by atoms with Gasteiger partial charge in [0.1, 0.15) is 17.0 Å². The van der Waals surface area contributed by atoms with E-state index in [4.69, 9.17) is 4.52 Å². The Kier molecular flexibility index (Phi) is 5.07. The number of likely N-dealkylation sites (tertiary alicyclic amines) is 1. The minimum atomic E-state index is -4.47. The summed E-state index contributed by atoms with van der Waals surface area (Å²) in [5, 5.41) is 4.03. The minimum Gasteiger partial charge on any atom is -0.361 e. The zero-order valence-corrected chi connectivity index (χ0v) is 17.0. The largest absolute Gasteiger partial charge is 0.433 e. The fourth-order valence-corrected chi connectivity index (χ4v) is 4.00. The summed E-state index contributed by atoms with van der Waals surface area (Å²) in [5.74, 6) is 0.655. The summed E-state index contributed by atoms with van der Waals surface area (Å²) in [5.41, 5.74) is 2.05. The number of pyridine rings is 1. The molecule has 0 unspecified atom stereocenters. The van der Waals surface area contributed by atoms with E-state index in [1.807, 2.05) is 13.8 Å². The Balaban J connectivity index is 1.48. The van der Waals surface area contributed by atoms with E-state index in [-0.39, 0.29) is 17.7 Å². The maximum atomic E-state index is 13.0. The van der Waals surface area contributed by atoms with E-state index in [2.05, 4.69) is 15.1 Å². The number of aromatic amines is 1. The van der Waals surface area contributed by atoms with E-state index in [1.165, 1.54) is 6.07 Å². The summed E-state index contributed by atoms with van der Waals surface area (Å²) in [7, 11) is 0. The fourth-order valence-electron chi connectivity index (χ4n) is 4.00. The molecule has 4 rings (SSSR count). The van der Waals surface area contributed by atoms with Gasteiger partial charge in [0.2, 0.25) is 0 Å². The zero-order valence-electron chi connectivity index (χ0n) is 17.0. The van der Waals surface area contributed by atoms with Crippen LogP contribution in [0.4, 0.5) is 13.2 Å². The lowest BCUT2D eigenvalue weighted by molar-refractivity contribution is -0.140. The van der Waals surface area contributed by atoms with E-state index >= 15 is 0 Å². The van der Waals surface area contributed by atoms with Crippen molar-refractivity contribution in [2.75, 3.05) is 13.1 Å². The van der Waals surface area contributed by atoms with Gasteiger partial charge in [0.25, 0.3) is 5.91 Å². The van der Waals surface area contributed by atoms with Crippen LogP contribution in [-0.2, 0) is 6.18 Å². The van der Waals surface area contributed by atoms with Crippen LogP contribution in [0, 0.1) is 6.92 Å². The van der Waals surface area contributed by atoms with E-state index in [0.717, 1.165) is 11.8 Å². The van der Waals surface area contributed by atoms with Crippen LogP contribution in [-0.4, -0.2) is 39.0 Å². The van der Waals surface area contributed by atoms with Crippen molar-refractivity contribution in [1.29, 1.82) is 0 Å². The van der Waals surface area contributed by atoms with Crippen molar-refractivity contribution in [3.8, 4) is 0 Å². The molecule has 1 aliphatic heterocycles. The van der Waals surface area contributed by atoms with Crippen LogP contribution >= 0.6 is 0 Å². The molecule has 6 nitrogen and oxygen atoms in total. The molecule has 0 saturated carbocycles. The first-order valence-electron chi connectivity index (χ1n) is 9.97. The number of carbonyl (C=O) groups is 1. The third kappa shape index (κ3) is 3.68. The number of nitrogens with zero attached hydrogens (tertiary/aromatic N) is 3. The summed E-state index contributed by atoms with van der Waals surface area (Å²) in [6.45, 7) is 6.79. The van der Waals surface area contributed by atoms with Crippen LogP contribution in [0.1, 0.15) is 71.7 Å². The summed E-state index contributed by atoms with van der Waals surface area (Å²) in [4.78, 5) is 21.7. The van der Waals surface area contributed by atoms with Gasteiger partial charge in [0.05, 0.1) is 16.7 Å². The van der Waals surface area contributed by atoms with Gasteiger partial charge in [-0.05, 0) is 43.9 Å². The van der Waals surface area contributed by atoms with E-state index in [0.29, 0.717) is 54.0 Å². The van der Waals surface area contributed by atoms with Gasteiger partial charge < -0.3 is 14.4 Å². The highest BCUT2D eigenvalue weighted by Crippen LogP contribution is 2.33. The fraction of sp³-hybridized carbons (Fsp3) is 0.476. The number of rotatable bonds is 3. The molecule has 0 bridgehead atoms. The molecule has 0 spiro atoms. The van der Waals surface area contributed by atoms with Gasteiger partial charge in [-0.25, -0.2) is 4.98 Å². The standard InChI is InChI=1S/C21H23F3N4O2/c1-11(2)19-18(12(3)30-27-19)20(29)28-8-6-13(7-9-28)15-10-16-14(25-15)4-5-17(26-16)21(22,23)24/h4-5,10-11,13,25H,6-9H2,1-3H3. The maximum absolute atomic E-state index is 13.0. The molecule has 0 radical (unpaired) electrons. The summed E-state index contributed by atoms with van der Waals surface area (Å²) < 4.78 is 43.9. The number of H-pyrrole nitrogens is 1. The predicted molar refractivity (Wildman–Crippen MR) is 104 cm³/mol. The number of aromatic nitrogens is 3. The number of amides is 1. The quantitative estimate of drug-likeness (QED) is 0.646. The average molecular weight is 420 g/mol. The monoisotopic (exact) mass is 420 g/mol. The number of aryl methyl sites for hydroxylation is 1. The smallest absolute Gasteiger partial charge is 0.361 e. The van der Waals surface area contributed by atoms with Crippen LogP contribution in [0.5, 0.6) is 0 Å². The summed E-state index contributed by atoms with van der Waals surface area (Å²) >= 11 is 0. The number of hydrogen-bond acceptors (Lipinski definition) is 4. The van der Waals surface area contributed by atoms with Crippen LogP contribution in [0.15, 0.2) is 22.7 Å². The molecule has 160 valence electrons. The van der Waals surface area contributed by atoms with Gasteiger partial charge in [-0.3, -0.25) is 4.79 Å². The molecule has 9 heteroatoms. The maximum Gasteiger partial charge on any atom is 0.433 e. The Hall–Kier alpha value is -2.84. The van der Waals surface area contributed by atoms with Crippen molar-refractivity contribution in [3.63, 3.8) is 0 Å². The van der Waals surface area contributed by atoms with Crippen molar-refractivity contribution >= 4 is 16.9 Å². The lowest BCUT2D eigenvalue weighted by Gasteiger charge is -2.31. The van der Waals surface area contributed by atoms with Crippen molar-refractivity contribution in [2.45, 2.75) is 51.6 Å². The van der Waals surface area contributed by atoms with Gasteiger partial charge >= 0.3 is 6.18 Å². The first-order valence-corrected chi connectivity index (χ1v) is 9.97. The molecule has 1 saturated heterocycles. The molecule has 0 aromatic carbocycles. The van der Waals surface area contributed by atoms with Gasteiger partial charge in [-0.2, -0.15) is 13.2 Å². The number of halogens is 3. The third-order valence-electron chi connectivity index (χ3n) is 5.66. The second kappa shape index (κ2) is 7.45. The van der Waals surface area contributed by atoms with Gasteiger partial charge in [0, 0.05) is 24.7 Å². The average Bonchev–Trinajstić information content (AvgIpc) is 3.29. The summed E-state index contributed by atoms with van der Waals surface area (Å²) in [6.07, 6.45) is -3.04. The highest BCUT2D eigenvalue weighted by molar-refractivity contribution is 5.96. The lowest BCUT2D eigenvalue weighted by Crippen LogP contribution is -2.38.